The topological polar surface area (TPSA) is 18.5 Å². The Morgan fingerprint density at radius 1 is 1.06 bits per heavy atom. The lowest BCUT2D eigenvalue weighted by molar-refractivity contribution is -0.309. The summed E-state index contributed by atoms with van der Waals surface area (Å²) < 4.78 is 12.0. The zero-order valence-corrected chi connectivity index (χ0v) is 10.3. The molecular weight excluding hydrogens is 200 g/mol. The van der Waals surface area contributed by atoms with Gasteiger partial charge in [0.15, 0.2) is 5.79 Å². The summed E-state index contributed by atoms with van der Waals surface area (Å²) in [5, 5.41) is 0. The average Bonchev–Trinajstić information content (AvgIpc) is 2.31. The van der Waals surface area contributed by atoms with Crippen LogP contribution in [0.4, 0.5) is 0 Å². The molecule has 0 saturated carbocycles. The van der Waals surface area contributed by atoms with Crippen molar-refractivity contribution in [2.24, 2.45) is 5.41 Å². The molecule has 1 aliphatic heterocycles. The van der Waals surface area contributed by atoms with Crippen molar-refractivity contribution in [3.8, 4) is 0 Å². The highest BCUT2D eigenvalue weighted by atomic mass is 16.7. The number of hydrogen-bond donors (Lipinski definition) is 0. The Bertz CT molecular complexity index is 333. The van der Waals surface area contributed by atoms with Gasteiger partial charge >= 0.3 is 0 Å². The van der Waals surface area contributed by atoms with Crippen molar-refractivity contribution >= 4 is 0 Å². The van der Waals surface area contributed by atoms with Gasteiger partial charge < -0.3 is 9.47 Å². The van der Waals surface area contributed by atoms with Gasteiger partial charge in [0.25, 0.3) is 0 Å². The highest BCUT2D eigenvalue weighted by molar-refractivity contribution is 5.20. The maximum Gasteiger partial charge on any atom is 0.194 e. The van der Waals surface area contributed by atoms with Gasteiger partial charge in [-0.05, 0) is 0 Å². The molecule has 0 radical (unpaired) electrons. The first kappa shape index (κ1) is 11.6. The first-order valence-electron chi connectivity index (χ1n) is 5.91. The smallest absolute Gasteiger partial charge is 0.194 e. The van der Waals surface area contributed by atoms with Gasteiger partial charge in [0.2, 0.25) is 0 Å². The van der Waals surface area contributed by atoms with Gasteiger partial charge in [-0.25, -0.2) is 0 Å². The van der Waals surface area contributed by atoms with E-state index in [0.29, 0.717) is 0 Å². The molecule has 2 heteroatoms. The standard InChI is InChI=1S/C14H20O2/c1-4-14(12-8-6-5-7-9-12)15-10-13(2,3)11-16-14/h5-9H,4,10-11H2,1-3H3. The lowest BCUT2D eigenvalue weighted by atomic mass is 9.92. The van der Waals surface area contributed by atoms with E-state index in [1.807, 2.05) is 18.2 Å². The van der Waals surface area contributed by atoms with E-state index in [-0.39, 0.29) is 5.41 Å². The summed E-state index contributed by atoms with van der Waals surface area (Å²) in [5.74, 6) is -0.531. The lowest BCUT2D eigenvalue weighted by Crippen LogP contribution is -2.45. The van der Waals surface area contributed by atoms with E-state index in [4.69, 9.17) is 9.47 Å². The van der Waals surface area contributed by atoms with Crippen molar-refractivity contribution in [1.82, 2.24) is 0 Å². The molecule has 16 heavy (non-hydrogen) atoms. The molecule has 2 nitrogen and oxygen atoms in total. The third-order valence-electron chi connectivity index (χ3n) is 3.07. The summed E-state index contributed by atoms with van der Waals surface area (Å²) in [6.45, 7) is 7.92. The van der Waals surface area contributed by atoms with Crippen LogP contribution in [0.2, 0.25) is 0 Å². The third-order valence-corrected chi connectivity index (χ3v) is 3.07. The highest BCUT2D eigenvalue weighted by Crippen LogP contribution is 2.38. The Morgan fingerprint density at radius 3 is 2.12 bits per heavy atom. The monoisotopic (exact) mass is 220 g/mol. The van der Waals surface area contributed by atoms with Crippen molar-refractivity contribution in [2.75, 3.05) is 13.2 Å². The maximum atomic E-state index is 5.99. The van der Waals surface area contributed by atoms with E-state index in [1.165, 1.54) is 0 Å². The molecular formula is C14H20O2. The van der Waals surface area contributed by atoms with Gasteiger partial charge in [0.1, 0.15) is 0 Å². The molecule has 0 N–H and O–H groups in total. The van der Waals surface area contributed by atoms with Crippen molar-refractivity contribution in [1.29, 1.82) is 0 Å². The minimum Gasteiger partial charge on any atom is -0.345 e. The van der Waals surface area contributed by atoms with Gasteiger partial charge in [-0.3, -0.25) is 0 Å². The highest BCUT2D eigenvalue weighted by Gasteiger charge is 2.40. The summed E-state index contributed by atoms with van der Waals surface area (Å²) in [6, 6.07) is 10.2. The molecule has 0 bridgehead atoms. The van der Waals surface area contributed by atoms with Crippen LogP contribution in [0.5, 0.6) is 0 Å². The minimum absolute atomic E-state index is 0.119. The molecule has 0 unspecified atom stereocenters. The zero-order chi connectivity index (χ0) is 11.6. The maximum absolute atomic E-state index is 5.99. The van der Waals surface area contributed by atoms with E-state index in [0.717, 1.165) is 25.2 Å². The second-order valence-electron chi connectivity index (χ2n) is 5.21. The van der Waals surface area contributed by atoms with Gasteiger partial charge in [-0.15, -0.1) is 0 Å². The second kappa shape index (κ2) is 4.19. The van der Waals surface area contributed by atoms with Crippen LogP contribution in [0, 0.1) is 5.41 Å². The predicted octanol–water partition coefficient (Wildman–Crippen LogP) is 3.32. The summed E-state index contributed by atoms with van der Waals surface area (Å²) in [4.78, 5) is 0. The second-order valence-corrected chi connectivity index (χ2v) is 5.21. The van der Waals surface area contributed by atoms with Gasteiger partial charge in [0.05, 0.1) is 13.2 Å². The van der Waals surface area contributed by atoms with Crippen LogP contribution in [0.15, 0.2) is 30.3 Å². The third kappa shape index (κ3) is 2.13. The summed E-state index contributed by atoms with van der Waals surface area (Å²) in [7, 11) is 0. The molecule has 1 aromatic carbocycles. The van der Waals surface area contributed by atoms with Crippen molar-refractivity contribution < 1.29 is 9.47 Å². The molecule has 0 aromatic heterocycles. The fourth-order valence-electron chi connectivity index (χ4n) is 1.97. The van der Waals surface area contributed by atoms with Crippen LogP contribution in [-0.2, 0) is 15.3 Å². The minimum atomic E-state index is -0.531. The molecule has 1 heterocycles. The van der Waals surface area contributed by atoms with Crippen molar-refractivity contribution in [3.05, 3.63) is 35.9 Å². The molecule has 1 aromatic rings. The quantitative estimate of drug-likeness (QED) is 0.761. The SMILES string of the molecule is CCC1(c2ccccc2)OCC(C)(C)CO1. The van der Waals surface area contributed by atoms with Crippen LogP contribution >= 0.6 is 0 Å². The molecule has 0 spiro atoms. The predicted molar refractivity (Wildman–Crippen MR) is 64.1 cm³/mol. The summed E-state index contributed by atoms with van der Waals surface area (Å²) in [5.41, 5.74) is 1.24. The number of ether oxygens (including phenoxy) is 2. The van der Waals surface area contributed by atoms with Crippen LogP contribution in [0.3, 0.4) is 0 Å². The Labute approximate surface area is 97.6 Å². The van der Waals surface area contributed by atoms with Crippen LogP contribution < -0.4 is 0 Å². The molecule has 0 atom stereocenters. The molecule has 1 saturated heterocycles. The van der Waals surface area contributed by atoms with Gasteiger partial charge in [0, 0.05) is 17.4 Å². The largest absolute Gasteiger partial charge is 0.345 e. The molecule has 1 fully saturated rings. The van der Waals surface area contributed by atoms with Crippen LogP contribution in [-0.4, -0.2) is 13.2 Å². The van der Waals surface area contributed by atoms with E-state index >= 15 is 0 Å². The van der Waals surface area contributed by atoms with E-state index in [1.54, 1.807) is 0 Å². The number of rotatable bonds is 2. The van der Waals surface area contributed by atoms with Gasteiger partial charge in [-0.1, -0.05) is 51.1 Å². The number of benzene rings is 1. The normalized spacial score (nSPS) is 22.9. The van der Waals surface area contributed by atoms with Crippen LogP contribution in [0.1, 0.15) is 32.8 Å². The van der Waals surface area contributed by atoms with Gasteiger partial charge in [-0.2, -0.15) is 0 Å². The zero-order valence-electron chi connectivity index (χ0n) is 10.3. The average molecular weight is 220 g/mol. The summed E-state index contributed by atoms with van der Waals surface area (Å²) >= 11 is 0. The fourth-order valence-corrected chi connectivity index (χ4v) is 1.97. The van der Waals surface area contributed by atoms with E-state index < -0.39 is 5.79 Å². The van der Waals surface area contributed by atoms with E-state index in [9.17, 15) is 0 Å². The van der Waals surface area contributed by atoms with Crippen molar-refractivity contribution in [2.45, 2.75) is 33.0 Å². The Hall–Kier alpha value is -0.860. The molecule has 1 aliphatic rings. The molecule has 88 valence electrons. The molecule has 0 aliphatic carbocycles. The number of hydrogen-bond acceptors (Lipinski definition) is 2. The fraction of sp³-hybridized carbons (Fsp3) is 0.571. The first-order chi connectivity index (χ1) is 7.58. The first-order valence-corrected chi connectivity index (χ1v) is 5.91. The Kier molecular flexibility index (Phi) is 3.04. The summed E-state index contributed by atoms with van der Waals surface area (Å²) in [6.07, 6.45) is 0.840. The Balaban J connectivity index is 2.23. The molecule has 2 rings (SSSR count). The molecule has 0 amide bonds. The van der Waals surface area contributed by atoms with Crippen LogP contribution in [0.25, 0.3) is 0 Å². The lowest BCUT2D eigenvalue weighted by Gasteiger charge is -2.43. The van der Waals surface area contributed by atoms with E-state index in [2.05, 4.69) is 32.9 Å². The van der Waals surface area contributed by atoms with Crippen molar-refractivity contribution in [3.63, 3.8) is 0 Å². The Morgan fingerprint density at radius 2 is 1.62 bits per heavy atom.